The fraction of sp³-hybridized carbons (Fsp3) is 0.294. The monoisotopic (exact) mass is 365 g/mol. The van der Waals surface area contributed by atoms with E-state index in [1.807, 2.05) is 18.2 Å². The number of hydrogen-bond acceptors (Lipinski definition) is 2. The highest BCUT2D eigenvalue weighted by atomic mass is 79.9. The van der Waals surface area contributed by atoms with Gasteiger partial charge in [-0.15, -0.1) is 0 Å². The zero-order chi connectivity index (χ0) is 15.0. The van der Waals surface area contributed by atoms with Crippen molar-refractivity contribution in [1.82, 2.24) is 0 Å². The Morgan fingerprint density at radius 1 is 1.33 bits per heavy atom. The Bertz CT molecular complexity index is 687. The van der Waals surface area contributed by atoms with Crippen LogP contribution in [-0.4, -0.2) is 6.61 Å². The molecule has 0 saturated carbocycles. The molecule has 1 heterocycles. The predicted octanol–water partition coefficient (Wildman–Crippen LogP) is 4.59. The van der Waals surface area contributed by atoms with Gasteiger partial charge in [0.25, 0.3) is 0 Å². The maximum absolute atomic E-state index is 6.42. The van der Waals surface area contributed by atoms with Gasteiger partial charge in [-0.1, -0.05) is 33.6 Å². The lowest BCUT2D eigenvalue weighted by Gasteiger charge is -2.17. The SMILES string of the molecule is Cc1ccc(Br)cc1C(N)Cc1cc(Cl)cc2c1OCC2. The maximum Gasteiger partial charge on any atom is 0.125 e. The van der Waals surface area contributed by atoms with E-state index in [-0.39, 0.29) is 6.04 Å². The molecule has 1 aliphatic heterocycles. The van der Waals surface area contributed by atoms with Crippen LogP contribution in [0.4, 0.5) is 0 Å². The normalized spacial score (nSPS) is 14.7. The zero-order valence-corrected chi connectivity index (χ0v) is 14.2. The molecule has 4 heteroatoms. The third-order valence-electron chi connectivity index (χ3n) is 3.91. The summed E-state index contributed by atoms with van der Waals surface area (Å²) < 4.78 is 6.80. The van der Waals surface area contributed by atoms with Gasteiger partial charge in [0.05, 0.1) is 6.61 Å². The van der Waals surface area contributed by atoms with Gasteiger partial charge in [0, 0.05) is 22.0 Å². The lowest BCUT2D eigenvalue weighted by molar-refractivity contribution is 0.352. The molecule has 3 rings (SSSR count). The minimum atomic E-state index is -0.0748. The lowest BCUT2D eigenvalue weighted by atomic mass is 9.95. The van der Waals surface area contributed by atoms with E-state index < -0.39 is 0 Å². The van der Waals surface area contributed by atoms with Gasteiger partial charge in [0.2, 0.25) is 0 Å². The van der Waals surface area contributed by atoms with Crippen LogP contribution in [-0.2, 0) is 12.8 Å². The molecule has 0 fully saturated rings. The number of fused-ring (bicyclic) bond motifs is 1. The largest absolute Gasteiger partial charge is 0.493 e. The molecule has 0 spiro atoms. The van der Waals surface area contributed by atoms with Crippen molar-refractivity contribution in [3.8, 4) is 5.75 Å². The summed E-state index contributed by atoms with van der Waals surface area (Å²) in [4.78, 5) is 0. The van der Waals surface area contributed by atoms with E-state index in [0.29, 0.717) is 0 Å². The molecule has 2 aromatic rings. The minimum Gasteiger partial charge on any atom is -0.493 e. The third kappa shape index (κ3) is 3.10. The molecule has 2 aromatic carbocycles. The van der Waals surface area contributed by atoms with E-state index in [1.165, 1.54) is 11.1 Å². The molecule has 110 valence electrons. The second-order valence-corrected chi connectivity index (χ2v) is 6.82. The molecule has 2 nitrogen and oxygen atoms in total. The van der Waals surface area contributed by atoms with Crippen molar-refractivity contribution in [2.24, 2.45) is 5.73 Å². The van der Waals surface area contributed by atoms with E-state index in [0.717, 1.165) is 45.8 Å². The Labute approximate surface area is 138 Å². The molecule has 0 aromatic heterocycles. The molecule has 1 atom stereocenters. The van der Waals surface area contributed by atoms with Gasteiger partial charge in [-0.25, -0.2) is 0 Å². The first kappa shape index (κ1) is 14.9. The van der Waals surface area contributed by atoms with Crippen LogP contribution in [0.2, 0.25) is 5.02 Å². The van der Waals surface area contributed by atoms with Crippen LogP contribution < -0.4 is 10.5 Å². The summed E-state index contributed by atoms with van der Waals surface area (Å²) in [7, 11) is 0. The summed E-state index contributed by atoms with van der Waals surface area (Å²) in [5.41, 5.74) is 11.1. The summed E-state index contributed by atoms with van der Waals surface area (Å²) in [5, 5.41) is 0.757. The number of rotatable bonds is 3. The van der Waals surface area contributed by atoms with Gasteiger partial charge in [0.15, 0.2) is 0 Å². The Morgan fingerprint density at radius 2 is 2.14 bits per heavy atom. The highest BCUT2D eigenvalue weighted by Crippen LogP contribution is 2.35. The second kappa shape index (κ2) is 5.99. The fourth-order valence-corrected chi connectivity index (χ4v) is 3.50. The Balaban J connectivity index is 1.92. The first-order valence-corrected chi connectivity index (χ1v) is 8.17. The van der Waals surface area contributed by atoms with Crippen molar-refractivity contribution in [1.29, 1.82) is 0 Å². The van der Waals surface area contributed by atoms with Gasteiger partial charge in [-0.05, 0) is 59.9 Å². The highest BCUT2D eigenvalue weighted by molar-refractivity contribution is 9.10. The average Bonchev–Trinajstić information content (AvgIpc) is 2.89. The molecule has 0 amide bonds. The molecule has 21 heavy (non-hydrogen) atoms. The van der Waals surface area contributed by atoms with Gasteiger partial charge < -0.3 is 10.5 Å². The Kier molecular flexibility index (Phi) is 4.25. The van der Waals surface area contributed by atoms with Crippen LogP contribution in [0, 0.1) is 6.92 Å². The second-order valence-electron chi connectivity index (χ2n) is 5.46. The standard InChI is InChI=1S/C17H17BrClNO/c1-10-2-3-13(18)9-15(10)16(20)8-12-7-14(19)6-11-4-5-21-17(11)12/h2-3,6-7,9,16H,4-5,8,20H2,1H3. The summed E-state index contributed by atoms with van der Waals surface area (Å²) in [6, 6.07) is 10.1. The fourth-order valence-electron chi connectivity index (χ4n) is 2.86. The molecular weight excluding hydrogens is 350 g/mol. The smallest absolute Gasteiger partial charge is 0.125 e. The Hall–Kier alpha value is -1.03. The number of hydrogen-bond donors (Lipinski definition) is 1. The zero-order valence-electron chi connectivity index (χ0n) is 11.8. The molecule has 0 radical (unpaired) electrons. The molecule has 0 bridgehead atoms. The molecule has 1 aliphatic rings. The summed E-state index contributed by atoms with van der Waals surface area (Å²) >= 11 is 9.72. The third-order valence-corrected chi connectivity index (χ3v) is 4.62. The van der Waals surface area contributed by atoms with Crippen LogP contribution in [0.15, 0.2) is 34.8 Å². The summed E-state index contributed by atoms with van der Waals surface area (Å²) in [5.74, 6) is 0.975. The first-order chi connectivity index (χ1) is 10.0. The predicted molar refractivity (Wildman–Crippen MR) is 90.2 cm³/mol. The van der Waals surface area contributed by atoms with Crippen molar-refractivity contribution in [2.45, 2.75) is 25.8 Å². The quantitative estimate of drug-likeness (QED) is 0.862. The lowest BCUT2D eigenvalue weighted by Crippen LogP contribution is -2.15. The van der Waals surface area contributed by atoms with E-state index in [9.17, 15) is 0 Å². The van der Waals surface area contributed by atoms with Crippen LogP contribution in [0.3, 0.4) is 0 Å². The summed E-state index contributed by atoms with van der Waals surface area (Å²) in [6.45, 7) is 2.81. The molecule has 2 N–H and O–H groups in total. The van der Waals surface area contributed by atoms with Gasteiger partial charge >= 0.3 is 0 Å². The first-order valence-electron chi connectivity index (χ1n) is 7.00. The van der Waals surface area contributed by atoms with Crippen molar-refractivity contribution >= 4 is 27.5 Å². The molecule has 1 unspecified atom stereocenters. The average molecular weight is 367 g/mol. The van der Waals surface area contributed by atoms with E-state index in [2.05, 4.69) is 35.0 Å². The summed E-state index contributed by atoms with van der Waals surface area (Å²) in [6.07, 6.45) is 1.65. The van der Waals surface area contributed by atoms with Crippen molar-refractivity contribution in [3.63, 3.8) is 0 Å². The topological polar surface area (TPSA) is 35.2 Å². The van der Waals surface area contributed by atoms with Crippen LogP contribution in [0.5, 0.6) is 5.75 Å². The van der Waals surface area contributed by atoms with Gasteiger partial charge in [0.1, 0.15) is 5.75 Å². The van der Waals surface area contributed by atoms with Crippen molar-refractivity contribution < 1.29 is 4.74 Å². The van der Waals surface area contributed by atoms with Crippen LogP contribution >= 0.6 is 27.5 Å². The van der Waals surface area contributed by atoms with Crippen LogP contribution in [0.25, 0.3) is 0 Å². The van der Waals surface area contributed by atoms with Crippen LogP contribution in [0.1, 0.15) is 28.3 Å². The number of aryl methyl sites for hydroxylation is 1. The van der Waals surface area contributed by atoms with Gasteiger partial charge in [-0.2, -0.15) is 0 Å². The van der Waals surface area contributed by atoms with E-state index >= 15 is 0 Å². The van der Waals surface area contributed by atoms with Gasteiger partial charge in [-0.3, -0.25) is 0 Å². The minimum absolute atomic E-state index is 0.0748. The van der Waals surface area contributed by atoms with Crippen molar-refractivity contribution in [3.05, 3.63) is 62.1 Å². The van der Waals surface area contributed by atoms with E-state index in [1.54, 1.807) is 0 Å². The number of benzene rings is 2. The number of ether oxygens (including phenoxy) is 1. The number of nitrogens with two attached hydrogens (primary N) is 1. The number of halogens is 2. The highest BCUT2D eigenvalue weighted by Gasteiger charge is 2.20. The molecular formula is C17H17BrClNO. The van der Waals surface area contributed by atoms with E-state index in [4.69, 9.17) is 22.1 Å². The Morgan fingerprint density at radius 3 is 2.95 bits per heavy atom. The van der Waals surface area contributed by atoms with Crippen molar-refractivity contribution in [2.75, 3.05) is 6.61 Å². The molecule has 0 saturated heterocycles. The molecule has 0 aliphatic carbocycles. The maximum atomic E-state index is 6.42.